The molecule has 0 radical (unpaired) electrons. The van der Waals surface area contributed by atoms with Gasteiger partial charge in [-0.2, -0.15) is 0 Å². The highest BCUT2D eigenvalue weighted by molar-refractivity contribution is 5.71. The van der Waals surface area contributed by atoms with Crippen molar-refractivity contribution in [2.24, 2.45) is 0 Å². The molecule has 0 N–H and O–H groups in total. The van der Waals surface area contributed by atoms with Gasteiger partial charge in [-0.1, -0.05) is 39.5 Å². The topological polar surface area (TPSA) is 122 Å². The maximum absolute atomic E-state index is 13.5. The number of halogens is 2. The van der Waals surface area contributed by atoms with E-state index < -0.39 is 52.1 Å². The predicted octanol–water partition coefficient (Wildman–Crippen LogP) is 5.62. The molecule has 1 aromatic rings. The number of rotatable bonds is 13. The van der Waals surface area contributed by atoms with Crippen molar-refractivity contribution in [3.63, 3.8) is 0 Å². The Labute approximate surface area is 172 Å². The molecular formula is C19H26F2N2O7. The Morgan fingerprint density at radius 2 is 1.70 bits per heavy atom. The summed E-state index contributed by atoms with van der Waals surface area (Å²) in [6.45, 7) is 2.52. The fourth-order valence-electron chi connectivity index (χ4n) is 2.75. The van der Waals surface area contributed by atoms with E-state index in [9.17, 15) is 33.8 Å². The summed E-state index contributed by atoms with van der Waals surface area (Å²) in [5.41, 5.74) is -1.46. The third kappa shape index (κ3) is 7.88. The fraction of sp³-hybridized carbons (Fsp3) is 0.632. The molecular weight excluding hydrogens is 406 g/mol. The lowest BCUT2D eigenvalue weighted by atomic mass is 10.0. The Morgan fingerprint density at radius 3 is 2.27 bits per heavy atom. The first kappa shape index (κ1) is 25.2. The molecule has 0 heterocycles. The van der Waals surface area contributed by atoms with Crippen LogP contribution in [0, 0.1) is 20.2 Å². The van der Waals surface area contributed by atoms with Gasteiger partial charge in [-0.3, -0.25) is 20.2 Å². The monoisotopic (exact) mass is 432 g/mol. The standard InChI is InChI=1S/C19H26F2N2O7/c1-3-5-6-7-8-9-13-10-16(22(25)26)18(23(27)28)17(11-13)30-19(24)29-12-15(21)14(20)4-2/h10-11,14-15H,3-9,12H2,1-2H3. The molecule has 0 aliphatic rings. The lowest BCUT2D eigenvalue weighted by Gasteiger charge is -2.12. The maximum Gasteiger partial charge on any atom is 0.514 e. The van der Waals surface area contributed by atoms with Gasteiger partial charge in [-0.05, 0) is 30.9 Å². The summed E-state index contributed by atoms with van der Waals surface area (Å²) in [5.74, 6) is -0.676. The van der Waals surface area contributed by atoms with Crippen LogP contribution in [-0.4, -0.2) is 35.0 Å². The number of hydrogen-bond donors (Lipinski definition) is 0. The second kappa shape index (κ2) is 12.7. The van der Waals surface area contributed by atoms with Gasteiger partial charge in [0, 0.05) is 6.07 Å². The van der Waals surface area contributed by atoms with Crippen molar-refractivity contribution < 1.29 is 32.9 Å². The third-order valence-electron chi connectivity index (χ3n) is 4.40. The summed E-state index contributed by atoms with van der Waals surface area (Å²) in [5, 5.41) is 22.6. The molecule has 0 saturated heterocycles. The van der Waals surface area contributed by atoms with Gasteiger partial charge in [0.15, 0.2) is 6.17 Å². The van der Waals surface area contributed by atoms with Gasteiger partial charge in [0.2, 0.25) is 5.75 Å². The molecule has 2 atom stereocenters. The molecule has 30 heavy (non-hydrogen) atoms. The zero-order chi connectivity index (χ0) is 22.7. The number of unbranched alkanes of at least 4 members (excludes halogenated alkanes) is 4. The molecule has 11 heteroatoms. The molecule has 168 valence electrons. The first-order valence-electron chi connectivity index (χ1n) is 9.79. The van der Waals surface area contributed by atoms with Gasteiger partial charge in [-0.25, -0.2) is 13.6 Å². The molecule has 0 spiro atoms. The minimum absolute atomic E-state index is 0.127. The van der Waals surface area contributed by atoms with Gasteiger partial charge in [-0.15, -0.1) is 0 Å². The molecule has 0 aliphatic heterocycles. The number of nitro benzene ring substituents is 2. The molecule has 9 nitrogen and oxygen atoms in total. The Bertz CT molecular complexity index is 746. The van der Waals surface area contributed by atoms with Crippen molar-refractivity contribution in [2.45, 2.75) is 71.1 Å². The number of alkyl halides is 2. The molecule has 0 aromatic heterocycles. The van der Waals surface area contributed by atoms with E-state index in [0.29, 0.717) is 18.4 Å². The SMILES string of the molecule is CCCCCCCc1cc(OC(=O)OCC(F)C(F)CC)c([N+](=O)[O-])c([N+](=O)[O-])c1. The van der Waals surface area contributed by atoms with Crippen molar-refractivity contribution in [1.29, 1.82) is 0 Å². The Kier molecular flexibility index (Phi) is 10.6. The summed E-state index contributed by atoms with van der Waals surface area (Å²) in [6, 6.07) is 2.23. The number of ether oxygens (including phenoxy) is 2. The van der Waals surface area contributed by atoms with E-state index >= 15 is 0 Å². The lowest BCUT2D eigenvalue weighted by molar-refractivity contribution is -0.423. The van der Waals surface area contributed by atoms with E-state index in [1.165, 1.54) is 6.92 Å². The quantitative estimate of drug-likeness (QED) is 0.130. The van der Waals surface area contributed by atoms with Gasteiger partial charge < -0.3 is 9.47 Å². The summed E-state index contributed by atoms with van der Waals surface area (Å²) in [7, 11) is 0. The molecule has 0 bridgehead atoms. The second-order valence-electron chi connectivity index (χ2n) is 6.74. The average Bonchev–Trinajstić information content (AvgIpc) is 2.70. The second-order valence-corrected chi connectivity index (χ2v) is 6.74. The molecule has 0 amide bonds. The normalized spacial score (nSPS) is 12.8. The summed E-state index contributed by atoms with van der Waals surface area (Å²) < 4.78 is 35.9. The largest absolute Gasteiger partial charge is 0.514 e. The zero-order valence-electron chi connectivity index (χ0n) is 17.0. The number of benzene rings is 1. The van der Waals surface area contributed by atoms with Crippen LogP contribution in [0.3, 0.4) is 0 Å². The Hall–Kier alpha value is -2.85. The first-order valence-corrected chi connectivity index (χ1v) is 9.79. The molecule has 1 rings (SSSR count). The average molecular weight is 432 g/mol. The number of carbonyl (C=O) groups is 1. The van der Waals surface area contributed by atoms with E-state index in [1.807, 2.05) is 0 Å². The first-order chi connectivity index (χ1) is 14.2. The third-order valence-corrected chi connectivity index (χ3v) is 4.40. The fourth-order valence-corrected chi connectivity index (χ4v) is 2.75. The van der Waals surface area contributed by atoms with Crippen LogP contribution in [0.1, 0.15) is 57.9 Å². The van der Waals surface area contributed by atoms with Gasteiger partial charge in [0.25, 0.3) is 0 Å². The van der Waals surface area contributed by atoms with Crippen molar-refractivity contribution in [2.75, 3.05) is 6.61 Å². The summed E-state index contributed by atoms with van der Waals surface area (Å²) in [4.78, 5) is 32.4. The zero-order valence-corrected chi connectivity index (χ0v) is 17.0. The van der Waals surface area contributed by atoms with Gasteiger partial charge >= 0.3 is 17.5 Å². The highest BCUT2D eigenvalue weighted by atomic mass is 19.2. The van der Waals surface area contributed by atoms with Crippen LogP contribution in [-0.2, 0) is 11.2 Å². The highest BCUT2D eigenvalue weighted by Gasteiger charge is 2.33. The van der Waals surface area contributed by atoms with E-state index in [2.05, 4.69) is 11.7 Å². The van der Waals surface area contributed by atoms with Gasteiger partial charge in [0.05, 0.1) is 9.85 Å². The Balaban J connectivity index is 3.01. The van der Waals surface area contributed by atoms with Crippen LogP contribution >= 0.6 is 0 Å². The molecule has 0 aliphatic carbocycles. The highest BCUT2D eigenvalue weighted by Crippen LogP contribution is 2.38. The van der Waals surface area contributed by atoms with E-state index in [1.54, 1.807) is 0 Å². The number of nitro groups is 2. The maximum atomic E-state index is 13.5. The number of carbonyl (C=O) groups excluding carboxylic acids is 1. The summed E-state index contributed by atoms with van der Waals surface area (Å²) in [6.07, 6.45) is -0.535. The van der Waals surface area contributed by atoms with Crippen LogP contribution in [0.2, 0.25) is 0 Å². The van der Waals surface area contributed by atoms with Crippen LogP contribution in [0.15, 0.2) is 12.1 Å². The minimum Gasteiger partial charge on any atom is -0.431 e. The van der Waals surface area contributed by atoms with E-state index in [4.69, 9.17) is 4.74 Å². The van der Waals surface area contributed by atoms with Crippen LogP contribution in [0.25, 0.3) is 0 Å². The number of aryl methyl sites for hydroxylation is 1. The van der Waals surface area contributed by atoms with Crippen molar-refractivity contribution in [3.05, 3.63) is 37.9 Å². The van der Waals surface area contributed by atoms with Crippen molar-refractivity contribution in [1.82, 2.24) is 0 Å². The molecule has 0 fully saturated rings. The predicted molar refractivity (Wildman–Crippen MR) is 104 cm³/mol. The van der Waals surface area contributed by atoms with Crippen LogP contribution in [0.5, 0.6) is 5.75 Å². The molecule has 2 unspecified atom stereocenters. The lowest BCUT2D eigenvalue weighted by Crippen LogP contribution is -2.25. The van der Waals surface area contributed by atoms with E-state index in [-0.39, 0.29) is 6.42 Å². The Morgan fingerprint density at radius 1 is 1.03 bits per heavy atom. The summed E-state index contributed by atoms with van der Waals surface area (Å²) >= 11 is 0. The minimum atomic E-state index is -2.08. The smallest absolute Gasteiger partial charge is 0.431 e. The molecule has 0 saturated carbocycles. The number of nitrogens with zero attached hydrogens (tertiary/aromatic N) is 2. The van der Waals surface area contributed by atoms with Crippen molar-refractivity contribution >= 4 is 17.5 Å². The van der Waals surface area contributed by atoms with E-state index in [0.717, 1.165) is 37.8 Å². The van der Waals surface area contributed by atoms with Crippen LogP contribution in [0.4, 0.5) is 25.0 Å². The molecule has 1 aromatic carbocycles. The number of hydrogen-bond acceptors (Lipinski definition) is 7. The van der Waals surface area contributed by atoms with Crippen molar-refractivity contribution in [3.8, 4) is 5.75 Å². The van der Waals surface area contributed by atoms with Crippen LogP contribution < -0.4 is 4.74 Å². The van der Waals surface area contributed by atoms with Gasteiger partial charge in [0.1, 0.15) is 12.8 Å².